The maximum absolute atomic E-state index is 12.8. The molecule has 0 aliphatic carbocycles. The van der Waals surface area contributed by atoms with Gasteiger partial charge in [-0.05, 0) is 57.2 Å². The van der Waals surface area contributed by atoms with Crippen molar-refractivity contribution in [1.29, 1.82) is 0 Å². The summed E-state index contributed by atoms with van der Waals surface area (Å²) < 4.78 is 0. The van der Waals surface area contributed by atoms with Crippen molar-refractivity contribution in [2.75, 3.05) is 26.2 Å². The molecule has 5 N–H and O–H groups in total. The molecule has 1 saturated heterocycles. The van der Waals surface area contributed by atoms with Gasteiger partial charge < -0.3 is 31.1 Å². The lowest BCUT2D eigenvalue weighted by Gasteiger charge is -2.25. The van der Waals surface area contributed by atoms with Gasteiger partial charge in [0, 0.05) is 19.4 Å². The fourth-order valence-electron chi connectivity index (χ4n) is 4.37. The summed E-state index contributed by atoms with van der Waals surface area (Å²) in [5.41, 5.74) is 0.672. The standard InChI is InChI=1S/C26H38N4O7/c1-2-30(23(32)10-6-9-18-11-13-27-14-12-18)17-22(31)28-20(16-24(33)34)25(35)29-21(26(36)37)15-19-7-4-3-5-8-19/h3-5,7-8,18,20-21,27H,2,6,9-17H2,1H3,(H,28,31)(H,29,35)(H,33,34)(H,36,37). The van der Waals surface area contributed by atoms with Gasteiger partial charge in [0.1, 0.15) is 12.1 Å². The minimum Gasteiger partial charge on any atom is -0.481 e. The molecule has 0 radical (unpaired) electrons. The third kappa shape index (κ3) is 11.0. The van der Waals surface area contributed by atoms with Gasteiger partial charge in [-0.1, -0.05) is 30.3 Å². The number of nitrogens with one attached hydrogen (secondary N) is 3. The topological polar surface area (TPSA) is 165 Å². The average Bonchev–Trinajstić information content (AvgIpc) is 2.87. The second-order valence-electron chi connectivity index (χ2n) is 9.30. The summed E-state index contributed by atoms with van der Waals surface area (Å²) in [5, 5.41) is 26.8. The maximum atomic E-state index is 12.8. The normalized spacial score (nSPS) is 15.3. The number of amides is 3. The van der Waals surface area contributed by atoms with Gasteiger partial charge in [0.2, 0.25) is 17.7 Å². The molecule has 1 fully saturated rings. The molecule has 0 saturated carbocycles. The van der Waals surface area contributed by atoms with Crippen LogP contribution in [0.2, 0.25) is 0 Å². The highest BCUT2D eigenvalue weighted by Crippen LogP contribution is 2.19. The predicted molar refractivity (Wildman–Crippen MR) is 136 cm³/mol. The zero-order valence-electron chi connectivity index (χ0n) is 21.3. The van der Waals surface area contributed by atoms with E-state index < -0.39 is 42.3 Å². The third-order valence-corrected chi connectivity index (χ3v) is 6.46. The quantitative estimate of drug-likeness (QED) is 0.227. The molecule has 1 aromatic carbocycles. The molecule has 0 bridgehead atoms. The molecule has 2 atom stereocenters. The molecule has 1 aliphatic heterocycles. The number of piperidine rings is 1. The summed E-state index contributed by atoms with van der Waals surface area (Å²) in [6, 6.07) is 5.86. The van der Waals surface area contributed by atoms with Crippen LogP contribution in [-0.2, 0) is 30.4 Å². The Labute approximate surface area is 217 Å². The molecule has 204 valence electrons. The Morgan fingerprint density at radius 2 is 1.70 bits per heavy atom. The number of hydrogen-bond donors (Lipinski definition) is 5. The second kappa shape index (κ2) is 15.6. The van der Waals surface area contributed by atoms with Crippen molar-refractivity contribution in [3.05, 3.63) is 35.9 Å². The van der Waals surface area contributed by atoms with Gasteiger partial charge in [0.25, 0.3) is 0 Å². The number of carboxylic acid groups (broad SMARTS) is 2. The minimum absolute atomic E-state index is 0.00879. The Morgan fingerprint density at radius 3 is 2.30 bits per heavy atom. The highest BCUT2D eigenvalue weighted by Gasteiger charge is 2.29. The number of carbonyl (C=O) groups excluding carboxylic acids is 3. The Balaban J connectivity index is 1.92. The van der Waals surface area contributed by atoms with Crippen LogP contribution in [0, 0.1) is 5.92 Å². The minimum atomic E-state index is -1.49. The van der Waals surface area contributed by atoms with E-state index in [-0.39, 0.29) is 25.4 Å². The fraction of sp³-hybridized carbons (Fsp3) is 0.577. The molecule has 11 nitrogen and oxygen atoms in total. The molecule has 0 aromatic heterocycles. The Morgan fingerprint density at radius 1 is 1.03 bits per heavy atom. The van der Waals surface area contributed by atoms with Crippen LogP contribution in [0.15, 0.2) is 30.3 Å². The van der Waals surface area contributed by atoms with Crippen molar-refractivity contribution < 1.29 is 34.2 Å². The number of aliphatic carboxylic acids is 2. The number of nitrogens with zero attached hydrogens (tertiary/aromatic N) is 1. The van der Waals surface area contributed by atoms with E-state index in [9.17, 15) is 34.2 Å². The highest BCUT2D eigenvalue weighted by molar-refractivity contribution is 5.94. The summed E-state index contributed by atoms with van der Waals surface area (Å²) >= 11 is 0. The van der Waals surface area contributed by atoms with Crippen LogP contribution >= 0.6 is 0 Å². The van der Waals surface area contributed by atoms with Crippen LogP contribution in [0.1, 0.15) is 51.0 Å². The van der Waals surface area contributed by atoms with E-state index in [0.717, 1.165) is 38.8 Å². The predicted octanol–water partition coefficient (Wildman–Crippen LogP) is 0.776. The number of rotatable bonds is 15. The zero-order valence-corrected chi connectivity index (χ0v) is 21.3. The first-order chi connectivity index (χ1) is 17.7. The molecule has 1 aromatic rings. The van der Waals surface area contributed by atoms with Crippen molar-refractivity contribution in [1.82, 2.24) is 20.9 Å². The molecular weight excluding hydrogens is 480 g/mol. The molecule has 1 aliphatic rings. The summed E-state index contributed by atoms with van der Waals surface area (Å²) in [4.78, 5) is 62.4. The van der Waals surface area contributed by atoms with E-state index in [0.29, 0.717) is 17.9 Å². The van der Waals surface area contributed by atoms with Crippen molar-refractivity contribution in [3.63, 3.8) is 0 Å². The van der Waals surface area contributed by atoms with Crippen LogP contribution < -0.4 is 16.0 Å². The smallest absolute Gasteiger partial charge is 0.326 e. The monoisotopic (exact) mass is 518 g/mol. The summed E-state index contributed by atoms with van der Waals surface area (Å²) in [6.07, 6.45) is 3.43. The van der Waals surface area contributed by atoms with Gasteiger partial charge >= 0.3 is 11.9 Å². The van der Waals surface area contributed by atoms with E-state index in [4.69, 9.17) is 0 Å². The van der Waals surface area contributed by atoms with Gasteiger partial charge in [-0.2, -0.15) is 0 Å². The Kier molecular flexibility index (Phi) is 12.5. The van der Waals surface area contributed by atoms with Crippen LogP contribution in [-0.4, -0.2) is 83.0 Å². The number of likely N-dealkylation sites (N-methyl/N-ethyl adjacent to an activating group) is 1. The van der Waals surface area contributed by atoms with Gasteiger partial charge in [0.05, 0.1) is 13.0 Å². The second-order valence-corrected chi connectivity index (χ2v) is 9.30. The first-order valence-electron chi connectivity index (χ1n) is 12.8. The largest absolute Gasteiger partial charge is 0.481 e. The number of carboxylic acids is 2. The summed E-state index contributed by atoms with van der Waals surface area (Å²) in [6.45, 7) is 3.68. The SMILES string of the molecule is CCN(CC(=O)NC(CC(=O)O)C(=O)NC(Cc1ccccc1)C(=O)O)C(=O)CCCC1CCNCC1. The first-order valence-corrected chi connectivity index (χ1v) is 12.8. The maximum Gasteiger partial charge on any atom is 0.326 e. The van der Waals surface area contributed by atoms with E-state index in [1.807, 2.05) is 0 Å². The highest BCUT2D eigenvalue weighted by atomic mass is 16.4. The Bertz CT molecular complexity index is 919. The van der Waals surface area contributed by atoms with Gasteiger partial charge in [-0.25, -0.2) is 4.79 Å². The molecule has 2 unspecified atom stereocenters. The van der Waals surface area contributed by atoms with Crippen LogP contribution in [0.25, 0.3) is 0 Å². The van der Waals surface area contributed by atoms with E-state index in [1.54, 1.807) is 37.3 Å². The summed E-state index contributed by atoms with van der Waals surface area (Å²) in [7, 11) is 0. The Hall–Kier alpha value is -3.47. The molecule has 37 heavy (non-hydrogen) atoms. The third-order valence-electron chi connectivity index (χ3n) is 6.46. The lowest BCUT2D eigenvalue weighted by Crippen LogP contribution is -2.54. The summed E-state index contributed by atoms with van der Waals surface area (Å²) in [5.74, 6) is -3.82. The average molecular weight is 519 g/mol. The fourth-order valence-corrected chi connectivity index (χ4v) is 4.37. The van der Waals surface area contributed by atoms with Crippen LogP contribution in [0.5, 0.6) is 0 Å². The lowest BCUT2D eigenvalue weighted by molar-refractivity contribution is -0.144. The van der Waals surface area contributed by atoms with E-state index >= 15 is 0 Å². The van der Waals surface area contributed by atoms with Gasteiger partial charge in [-0.15, -0.1) is 0 Å². The molecule has 1 heterocycles. The van der Waals surface area contributed by atoms with Gasteiger partial charge in [-0.3, -0.25) is 19.2 Å². The van der Waals surface area contributed by atoms with Crippen molar-refractivity contribution >= 4 is 29.7 Å². The van der Waals surface area contributed by atoms with E-state index in [1.165, 1.54) is 4.90 Å². The number of benzene rings is 1. The van der Waals surface area contributed by atoms with Crippen LogP contribution in [0.3, 0.4) is 0 Å². The first kappa shape index (κ1) is 29.8. The molecule has 0 spiro atoms. The molecular formula is C26H38N4O7. The number of hydrogen-bond acceptors (Lipinski definition) is 6. The van der Waals surface area contributed by atoms with Crippen molar-refractivity contribution in [3.8, 4) is 0 Å². The van der Waals surface area contributed by atoms with Crippen LogP contribution in [0.4, 0.5) is 0 Å². The zero-order chi connectivity index (χ0) is 27.2. The molecule has 3 amide bonds. The van der Waals surface area contributed by atoms with Gasteiger partial charge in [0.15, 0.2) is 0 Å². The molecule has 11 heteroatoms. The number of carbonyl (C=O) groups is 5. The lowest BCUT2D eigenvalue weighted by atomic mass is 9.92. The van der Waals surface area contributed by atoms with Crippen molar-refractivity contribution in [2.24, 2.45) is 5.92 Å². The van der Waals surface area contributed by atoms with E-state index in [2.05, 4.69) is 16.0 Å². The van der Waals surface area contributed by atoms with Crippen molar-refractivity contribution in [2.45, 2.75) is 64.0 Å². The molecule has 2 rings (SSSR count).